The summed E-state index contributed by atoms with van der Waals surface area (Å²) in [6, 6.07) is -0.372. The number of rotatable bonds is 4. The molecule has 2 unspecified atom stereocenters. The predicted molar refractivity (Wildman–Crippen MR) is 63.9 cm³/mol. The van der Waals surface area contributed by atoms with Crippen molar-refractivity contribution in [2.24, 2.45) is 11.7 Å². The molecular weight excluding hydrogens is 204 g/mol. The van der Waals surface area contributed by atoms with Gasteiger partial charge in [0.2, 0.25) is 5.91 Å². The van der Waals surface area contributed by atoms with Crippen LogP contribution in [0, 0.1) is 5.92 Å². The normalized spacial score (nSPS) is 26.0. The van der Waals surface area contributed by atoms with Gasteiger partial charge < -0.3 is 15.7 Å². The van der Waals surface area contributed by atoms with Crippen molar-refractivity contribution in [3.05, 3.63) is 0 Å². The van der Waals surface area contributed by atoms with Gasteiger partial charge in [-0.25, -0.2) is 0 Å². The highest BCUT2D eigenvalue weighted by Crippen LogP contribution is 2.20. The van der Waals surface area contributed by atoms with Crippen molar-refractivity contribution in [2.45, 2.75) is 51.7 Å². The molecule has 4 nitrogen and oxygen atoms in total. The van der Waals surface area contributed by atoms with Gasteiger partial charge in [0.15, 0.2) is 0 Å². The molecule has 0 saturated carbocycles. The van der Waals surface area contributed by atoms with Crippen LogP contribution in [-0.4, -0.2) is 40.6 Å². The Bertz CT molecular complexity index is 251. The van der Waals surface area contributed by atoms with Crippen molar-refractivity contribution >= 4 is 5.91 Å². The molecule has 1 aliphatic rings. The van der Waals surface area contributed by atoms with E-state index in [0.717, 1.165) is 19.4 Å². The Kier molecular flexibility index (Phi) is 4.33. The fourth-order valence-electron chi connectivity index (χ4n) is 2.48. The maximum Gasteiger partial charge on any atom is 0.239 e. The first-order chi connectivity index (χ1) is 7.32. The molecule has 94 valence electrons. The topological polar surface area (TPSA) is 66.6 Å². The number of carbonyl (C=O) groups is 1. The summed E-state index contributed by atoms with van der Waals surface area (Å²) in [5.74, 6) is 0.402. The van der Waals surface area contributed by atoms with Crippen LogP contribution in [0.15, 0.2) is 0 Å². The maximum atomic E-state index is 11.8. The Morgan fingerprint density at radius 1 is 1.62 bits per heavy atom. The van der Waals surface area contributed by atoms with E-state index in [4.69, 9.17) is 5.73 Å². The van der Waals surface area contributed by atoms with Gasteiger partial charge in [-0.15, -0.1) is 0 Å². The molecule has 2 atom stereocenters. The Labute approximate surface area is 97.8 Å². The van der Waals surface area contributed by atoms with E-state index in [9.17, 15) is 9.90 Å². The van der Waals surface area contributed by atoms with Crippen molar-refractivity contribution in [3.8, 4) is 0 Å². The van der Waals surface area contributed by atoms with Crippen LogP contribution in [0.3, 0.4) is 0 Å². The highest BCUT2D eigenvalue weighted by molar-refractivity contribution is 5.82. The monoisotopic (exact) mass is 228 g/mol. The number of nitrogens with two attached hydrogens (primary N) is 1. The van der Waals surface area contributed by atoms with Gasteiger partial charge in [0.1, 0.15) is 0 Å². The molecule has 0 aliphatic carbocycles. The lowest BCUT2D eigenvalue weighted by molar-refractivity contribution is -0.138. The molecule has 0 radical (unpaired) electrons. The second-order valence-electron chi connectivity index (χ2n) is 5.60. The van der Waals surface area contributed by atoms with Crippen molar-refractivity contribution in [2.75, 3.05) is 13.1 Å². The number of aliphatic hydroxyl groups is 1. The molecule has 4 heteroatoms. The van der Waals surface area contributed by atoms with Crippen LogP contribution in [0.5, 0.6) is 0 Å². The second-order valence-corrected chi connectivity index (χ2v) is 5.60. The van der Waals surface area contributed by atoms with Crippen LogP contribution in [0.4, 0.5) is 0 Å². The average molecular weight is 228 g/mol. The van der Waals surface area contributed by atoms with Gasteiger partial charge in [-0.1, -0.05) is 13.8 Å². The summed E-state index contributed by atoms with van der Waals surface area (Å²) in [6.07, 6.45) is 2.40. The smallest absolute Gasteiger partial charge is 0.239 e. The summed E-state index contributed by atoms with van der Waals surface area (Å²) in [5, 5.41) is 10.2. The molecule has 0 aromatic carbocycles. The van der Waals surface area contributed by atoms with E-state index in [1.807, 2.05) is 0 Å². The third kappa shape index (κ3) is 3.76. The van der Waals surface area contributed by atoms with E-state index in [1.54, 1.807) is 11.8 Å². The van der Waals surface area contributed by atoms with Crippen LogP contribution < -0.4 is 5.73 Å². The number of hydrogen-bond acceptors (Lipinski definition) is 3. The molecule has 16 heavy (non-hydrogen) atoms. The number of β-amino-alcohol motifs (C(OH)–C–C–N with tert-alkyl or cyclic N) is 1. The van der Waals surface area contributed by atoms with E-state index in [0.29, 0.717) is 18.9 Å². The molecule has 3 N–H and O–H groups in total. The molecule has 1 heterocycles. The fourth-order valence-corrected chi connectivity index (χ4v) is 2.48. The molecule has 1 aliphatic heterocycles. The molecule has 0 bridgehead atoms. The summed E-state index contributed by atoms with van der Waals surface area (Å²) >= 11 is 0. The molecule has 0 aromatic heterocycles. The van der Waals surface area contributed by atoms with Gasteiger partial charge >= 0.3 is 0 Å². The maximum absolute atomic E-state index is 11.8. The van der Waals surface area contributed by atoms with E-state index in [2.05, 4.69) is 13.8 Å². The second kappa shape index (κ2) is 5.15. The number of piperidine rings is 1. The van der Waals surface area contributed by atoms with Crippen molar-refractivity contribution in [3.63, 3.8) is 0 Å². The SMILES string of the molecule is CC(C)CC(C)(O)CN1CCCC(N)C1=O. The molecule has 0 aromatic rings. The molecule has 1 fully saturated rings. The van der Waals surface area contributed by atoms with E-state index in [-0.39, 0.29) is 11.9 Å². The summed E-state index contributed by atoms with van der Waals surface area (Å²) < 4.78 is 0. The van der Waals surface area contributed by atoms with E-state index >= 15 is 0 Å². The van der Waals surface area contributed by atoms with Crippen LogP contribution in [-0.2, 0) is 4.79 Å². The Hall–Kier alpha value is -0.610. The average Bonchev–Trinajstić information content (AvgIpc) is 2.10. The summed E-state index contributed by atoms with van der Waals surface area (Å²) in [7, 11) is 0. The van der Waals surface area contributed by atoms with E-state index in [1.165, 1.54) is 0 Å². The largest absolute Gasteiger partial charge is 0.388 e. The summed E-state index contributed by atoms with van der Waals surface area (Å²) in [6.45, 7) is 7.05. The Morgan fingerprint density at radius 3 is 2.81 bits per heavy atom. The van der Waals surface area contributed by atoms with Gasteiger partial charge in [-0.2, -0.15) is 0 Å². The lowest BCUT2D eigenvalue weighted by Crippen LogP contribution is -2.53. The van der Waals surface area contributed by atoms with Gasteiger partial charge in [-0.05, 0) is 32.1 Å². The highest BCUT2D eigenvalue weighted by atomic mass is 16.3. The van der Waals surface area contributed by atoms with Crippen LogP contribution >= 0.6 is 0 Å². The highest BCUT2D eigenvalue weighted by Gasteiger charge is 2.31. The zero-order valence-electron chi connectivity index (χ0n) is 10.6. The Balaban J connectivity index is 2.55. The first kappa shape index (κ1) is 13.5. The zero-order chi connectivity index (χ0) is 12.3. The van der Waals surface area contributed by atoms with Crippen molar-refractivity contribution in [1.29, 1.82) is 0 Å². The first-order valence-corrected chi connectivity index (χ1v) is 6.08. The summed E-state index contributed by atoms with van der Waals surface area (Å²) in [5.41, 5.74) is 4.91. The standard InChI is InChI=1S/C12H24N2O2/c1-9(2)7-12(3,16)8-14-6-4-5-10(13)11(14)15/h9-10,16H,4-8,13H2,1-3H3. The minimum atomic E-state index is -0.805. The summed E-state index contributed by atoms with van der Waals surface area (Å²) in [4.78, 5) is 13.5. The third-order valence-corrected chi connectivity index (χ3v) is 2.95. The molecule has 1 saturated heterocycles. The minimum Gasteiger partial charge on any atom is -0.388 e. The van der Waals surface area contributed by atoms with Crippen LogP contribution in [0.2, 0.25) is 0 Å². The quantitative estimate of drug-likeness (QED) is 0.745. The molecule has 0 spiro atoms. The lowest BCUT2D eigenvalue weighted by atomic mass is 9.92. The van der Waals surface area contributed by atoms with Gasteiger partial charge in [0.25, 0.3) is 0 Å². The molecule has 1 amide bonds. The number of likely N-dealkylation sites (tertiary alicyclic amines) is 1. The first-order valence-electron chi connectivity index (χ1n) is 6.08. The number of amides is 1. The Morgan fingerprint density at radius 2 is 2.25 bits per heavy atom. The van der Waals surface area contributed by atoms with Crippen molar-refractivity contribution in [1.82, 2.24) is 4.90 Å². The van der Waals surface area contributed by atoms with Crippen LogP contribution in [0.25, 0.3) is 0 Å². The fraction of sp³-hybridized carbons (Fsp3) is 0.917. The molecular formula is C12H24N2O2. The number of nitrogens with zero attached hydrogens (tertiary/aromatic N) is 1. The number of hydrogen-bond donors (Lipinski definition) is 2. The predicted octanol–water partition coefficient (Wildman–Crippen LogP) is 0.733. The zero-order valence-corrected chi connectivity index (χ0v) is 10.6. The third-order valence-electron chi connectivity index (χ3n) is 2.95. The lowest BCUT2D eigenvalue weighted by Gasteiger charge is -2.36. The number of carbonyl (C=O) groups excluding carboxylic acids is 1. The van der Waals surface area contributed by atoms with Gasteiger partial charge in [-0.3, -0.25) is 4.79 Å². The minimum absolute atomic E-state index is 0.0183. The van der Waals surface area contributed by atoms with Crippen molar-refractivity contribution < 1.29 is 9.90 Å². The van der Waals surface area contributed by atoms with Gasteiger partial charge in [0.05, 0.1) is 11.6 Å². The van der Waals surface area contributed by atoms with Crippen LogP contribution in [0.1, 0.15) is 40.0 Å². The van der Waals surface area contributed by atoms with E-state index < -0.39 is 5.60 Å². The van der Waals surface area contributed by atoms with Gasteiger partial charge in [0, 0.05) is 13.1 Å². The molecule has 1 rings (SSSR count).